The van der Waals surface area contributed by atoms with Crippen LogP contribution in [0.25, 0.3) is 39.2 Å². The molecule has 49 heavy (non-hydrogen) atoms. The van der Waals surface area contributed by atoms with Crippen molar-refractivity contribution in [2.75, 3.05) is 0 Å². The molecule has 1 aliphatic rings. The summed E-state index contributed by atoms with van der Waals surface area (Å²) in [6.45, 7) is 0. The van der Waals surface area contributed by atoms with E-state index in [4.69, 9.17) is 5.10 Å². The molecule has 4 aromatic carbocycles. The molecule has 0 amide bonds. The van der Waals surface area contributed by atoms with Gasteiger partial charge in [0, 0.05) is 29.4 Å². The maximum atomic E-state index is 9.56. The molecule has 3 aromatic heterocycles. The highest BCUT2D eigenvalue weighted by molar-refractivity contribution is 5.88. The van der Waals surface area contributed by atoms with E-state index in [1.807, 2.05) is 53.1 Å². The molecule has 0 aliphatic heterocycles. The number of rotatable bonds is 7. The highest BCUT2D eigenvalue weighted by atomic mass is 15.3. The van der Waals surface area contributed by atoms with Gasteiger partial charge in [0.05, 0.1) is 28.2 Å². The SMILES string of the molecule is N#Cc1ccc(-c2nn(C(c3ccccc3)(c3ccccc3)C3C=CC=CC3)cc2-c2ccc3ncn(-c4ccc(C#N)cn4)c3c2)cc1. The quantitative estimate of drug-likeness (QED) is 0.176. The number of pyridine rings is 1. The van der Waals surface area contributed by atoms with E-state index in [2.05, 4.69) is 118 Å². The van der Waals surface area contributed by atoms with Crippen LogP contribution in [0.2, 0.25) is 0 Å². The van der Waals surface area contributed by atoms with Crippen LogP contribution in [0.3, 0.4) is 0 Å². The van der Waals surface area contributed by atoms with Crippen LogP contribution < -0.4 is 0 Å². The first-order valence-corrected chi connectivity index (χ1v) is 16.1. The van der Waals surface area contributed by atoms with Gasteiger partial charge in [0.1, 0.15) is 29.4 Å². The van der Waals surface area contributed by atoms with E-state index < -0.39 is 5.54 Å². The molecular formula is C42H29N7. The van der Waals surface area contributed by atoms with Crippen LogP contribution in [0.4, 0.5) is 0 Å². The maximum Gasteiger partial charge on any atom is 0.138 e. The minimum Gasteiger partial charge on any atom is -0.283 e. The third-order valence-corrected chi connectivity index (χ3v) is 9.29. The molecule has 1 atom stereocenters. The monoisotopic (exact) mass is 631 g/mol. The number of benzene rings is 4. The molecule has 0 saturated heterocycles. The minimum absolute atomic E-state index is 0.0650. The van der Waals surface area contributed by atoms with Gasteiger partial charge < -0.3 is 0 Å². The summed E-state index contributed by atoms with van der Waals surface area (Å²) in [4.78, 5) is 9.18. The Kier molecular flexibility index (Phi) is 7.49. The van der Waals surface area contributed by atoms with Crippen LogP contribution in [0.1, 0.15) is 28.7 Å². The summed E-state index contributed by atoms with van der Waals surface area (Å²) >= 11 is 0. The zero-order chi connectivity index (χ0) is 33.2. The van der Waals surface area contributed by atoms with Crippen molar-refractivity contribution in [3.05, 3.63) is 181 Å². The Morgan fingerprint density at radius 3 is 2.04 bits per heavy atom. The molecule has 1 unspecified atom stereocenters. The standard InChI is InChI=1S/C42H29N7/c43-25-30-16-19-32(20-17-30)41-37(33-21-22-38-39(24-33)48(29-46-38)40-23-18-31(26-44)27-45-40)28-49(47-41)42(34-10-4-1-5-11-34,35-12-6-2-7-13-35)36-14-8-3-9-15-36/h1-14,16-24,27-29,36H,15H2. The van der Waals surface area contributed by atoms with Crippen LogP contribution in [-0.4, -0.2) is 24.3 Å². The summed E-state index contributed by atoms with van der Waals surface area (Å²) in [5.41, 5.74) is 7.99. The van der Waals surface area contributed by atoms with Crippen molar-refractivity contribution in [3.63, 3.8) is 0 Å². The Labute approximate surface area is 284 Å². The largest absolute Gasteiger partial charge is 0.283 e. The number of aromatic nitrogens is 5. The predicted octanol–water partition coefficient (Wildman–Crippen LogP) is 8.62. The van der Waals surface area contributed by atoms with E-state index in [0.29, 0.717) is 16.9 Å². The van der Waals surface area contributed by atoms with Crippen LogP contribution in [0.5, 0.6) is 0 Å². The molecule has 0 radical (unpaired) electrons. The number of hydrogen-bond donors (Lipinski definition) is 0. The van der Waals surface area contributed by atoms with Crippen molar-refractivity contribution in [2.45, 2.75) is 12.0 Å². The molecule has 7 heteroatoms. The van der Waals surface area contributed by atoms with E-state index >= 15 is 0 Å². The van der Waals surface area contributed by atoms with Gasteiger partial charge in [-0.1, -0.05) is 103 Å². The van der Waals surface area contributed by atoms with Gasteiger partial charge in [-0.05, 0) is 59.5 Å². The van der Waals surface area contributed by atoms with Crippen LogP contribution in [0.15, 0.2) is 158 Å². The van der Waals surface area contributed by atoms with Crippen molar-refractivity contribution in [2.24, 2.45) is 5.92 Å². The lowest BCUT2D eigenvalue weighted by atomic mass is 9.70. The Morgan fingerprint density at radius 2 is 1.41 bits per heavy atom. The molecule has 0 bridgehead atoms. The van der Waals surface area contributed by atoms with Crippen molar-refractivity contribution >= 4 is 11.0 Å². The molecular weight excluding hydrogens is 603 g/mol. The molecule has 0 spiro atoms. The predicted molar refractivity (Wildman–Crippen MR) is 190 cm³/mol. The summed E-state index contributed by atoms with van der Waals surface area (Å²) in [6, 6.07) is 43.0. The van der Waals surface area contributed by atoms with Crippen LogP contribution >= 0.6 is 0 Å². The van der Waals surface area contributed by atoms with E-state index in [9.17, 15) is 10.5 Å². The minimum atomic E-state index is -0.679. The highest BCUT2D eigenvalue weighted by Gasteiger charge is 2.44. The molecule has 0 fully saturated rings. The lowest BCUT2D eigenvalue weighted by Crippen LogP contribution is -2.43. The molecule has 0 saturated carbocycles. The Balaban J connectivity index is 1.39. The molecule has 232 valence electrons. The van der Waals surface area contributed by atoms with E-state index in [1.165, 1.54) is 0 Å². The number of hydrogen-bond acceptors (Lipinski definition) is 5. The van der Waals surface area contributed by atoms with Gasteiger partial charge in [-0.15, -0.1) is 0 Å². The average molecular weight is 632 g/mol. The van der Waals surface area contributed by atoms with Crippen molar-refractivity contribution in [3.8, 4) is 40.3 Å². The number of nitriles is 2. The first-order chi connectivity index (χ1) is 24.2. The summed E-state index contributed by atoms with van der Waals surface area (Å²) < 4.78 is 4.08. The summed E-state index contributed by atoms with van der Waals surface area (Å²) in [5, 5.41) is 24.3. The lowest BCUT2D eigenvalue weighted by molar-refractivity contribution is 0.293. The molecule has 1 aliphatic carbocycles. The zero-order valence-electron chi connectivity index (χ0n) is 26.4. The zero-order valence-corrected chi connectivity index (χ0v) is 26.4. The number of allylic oxidation sites excluding steroid dienone is 4. The third-order valence-electron chi connectivity index (χ3n) is 9.29. The molecule has 7 aromatic rings. The average Bonchev–Trinajstić information content (AvgIpc) is 3.82. The normalized spacial score (nSPS) is 14.0. The van der Waals surface area contributed by atoms with Crippen LogP contribution in [0, 0.1) is 28.6 Å². The highest BCUT2D eigenvalue weighted by Crippen LogP contribution is 2.46. The van der Waals surface area contributed by atoms with Gasteiger partial charge in [-0.3, -0.25) is 9.25 Å². The summed E-state index contributed by atoms with van der Waals surface area (Å²) in [6.07, 6.45) is 15.1. The fraction of sp³-hybridized carbons (Fsp3) is 0.0714. The second-order valence-electron chi connectivity index (χ2n) is 12.0. The molecule has 7 nitrogen and oxygen atoms in total. The fourth-order valence-corrected chi connectivity index (χ4v) is 6.94. The van der Waals surface area contributed by atoms with Gasteiger partial charge >= 0.3 is 0 Å². The second-order valence-corrected chi connectivity index (χ2v) is 12.0. The lowest BCUT2D eigenvalue weighted by Gasteiger charge is -2.41. The topological polar surface area (TPSA) is 96.1 Å². The Morgan fingerprint density at radius 1 is 0.714 bits per heavy atom. The molecule has 3 heterocycles. The number of fused-ring (bicyclic) bond motifs is 1. The number of imidazole rings is 1. The first kappa shape index (κ1) is 29.6. The Bertz CT molecular complexity index is 2380. The smallest absolute Gasteiger partial charge is 0.138 e. The first-order valence-electron chi connectivity index (χ1n) is 16.1. The van der Waals surface area contributed by atoms with Gasteiger partial charge in [-0.25, -0.2) is 9.97 Å². The van der Waals surface area contributed by atoms with Gasteiger partial charge in [0.25, 0.3) is 0 Å². The second kappa shape index (κ2) is 12.4. The fourth-order valence-electron chi connectivity index (χ4n) is 6.94. The summed E-state index contributed by atoms with van der Waals surface area (Å²) in [7, 11) is 0. The van der Waals surface area contributed by atoms with Crippen molar-refractivity contribution in [1.29, 1.82) is 10.5 Å². The summed E-state index contributed by atoms with van der Waals surface area (Å²) in [5.74, 6) is 0.737. The number of nitrogens with zero attached hydrogens (tertiary/aromatic N) is 7. The van der Waals surface area contributed by atoms with Gasteiger partial charge in [0.2, 0.25) is 0 Å². The molecule has 8 rings (SSSR count). The molecule has 0 N–H and O–H groups in total. The van der Waals surface area contributed by atoms with Gasteiger partial charge in [0.15, 0.2) is 0 Å². The third kappa shape index (κ3) is 5.11. The van der Waals surface area contributed by atoms with Gasteiger partial charge in [-0.2, -0.15) is 15.6 Å². The van der Waals surface area contributed by atoms with Crippen LogP contribution in [-0.2, 0) is 5.54 Å². The Hall–Kier alpha value is -6.83. The van der Waals surface area contributed by atoms with Crippen molar-refractivity contribution < 1.29 is 0 Å². The maximum absolute atomic E-state index is 9.56. The van der Waals surface area contributed by atoms with E-state index in [1.54, 1.807) is 18.6 Å². The van der Waals surface area contributed by atoms with Crippen molar-refractivity contribution in [1.82, 2.24) is 24.3 Å². The van der Waals surface area contributed by atoms with E-state index in [0.717, 1.165) is 51.0 Å². The van der Waals surface area contributed by atoms with E-state index in [-0.39, 0.29) is 5.92 Å².